The highest BCUT2D eigenvalue weighted by Gasteiger charge is 2.14. The molecule has 3 rings (SSSR count). The Hall–Kier alpha value is -3.12. The minimum atomic E-state index is -3.68. The molecule has 0 saturated carbocycles. The molecule has 0 saturated heterocycles. The number of pyridine rings is 1. The van der Waals surface area contributed by atoms with Crippen LogP contribution in [0.2, 0.25) is 0 Å². The summed E-state index contributed by atoms with van der Waals surface area (Å²) >= 11 is 0. The number of nitrogens with zero attached hydrogens (tertiary/aromatic N) is 1. The molecule has 0 fully saturated rings. The van der Waals surface area contributed by atoms with Gasteiger partial charge >= 0.3 is 0 Å². The number of hydrogen-bond donors (Lipinski definition) is 2. The first-order chi connectivity index (χ1) is 12.8. The molecule has 138 valence electrons. The third kappa shape index (κ3) is 4.54. The van der Waals surface area contributed by atoms with E-state index in [2.05, 4.69) is 9.71 Å². The lowest BCUT2D eigenvalue weighted by Gasteiger charge is -2.07. The van der Waals surface area contributed by atoms with E-state index in [1.165, 1.54) is 6.20 Å². The molecule has 1 heterocycles. The van der Waals surface area contributed by atoms with Crippen LogP contribution in [0.25, 0.3) is 12.2 Å². The molecular formula is C21H20N2O3S. The number of anilines is 1. The van der Waals surface area contributed by atoms with Crippen molar-refractivity contribution in [3.63, 3.8) is 0 Å². The normalized spacial score (nSPS) is 11.6. The molecule has 27 heavy (non-hydrogen) atoms. The van der Waals surface area contributed by atoms with Crippen molar-refractivity contribution in [3.8, 4) is 5.75 Å². The molecule has 0 spiro atoms. The quantitative estimate of drug-likeness (QED) is 0.644. The Labute approximate surface area is 159 Å². The molecule has 0 atom stereocenters. The molecule has 2 N–H and O–H groups in total. The second-order valence-electron chi connectivity index (χ2n) is 6.23. The van der Waals surface area contributed by atoms with Crippen LogP contribution in [0.1, 0.15) is 22.3 Å². The number of sulfonamides is 1. The molecule has 0 radical (unpaired) electrons. The largest absolute Gasteiger partial charge is 0.507 e. The van der Waals surface area contributed by atoms with E-state index >= 15 is 0 Å². The zero-order chi connectivity index (χ0) is 19.4. The van der Waals surface area contributed by atoms with Gasteiger partial charge in [-0.1, -0.05) is 30.4 Å². The van der Waals surface area contributed by atoms with Crippen molar-refractivity contribution < 1.29 is 13.5 Å². The third-order valence-electron chi connectivity index (χ3n) is 4.08. The van der Waals surface area contributed by atoms with E-state index in [4.69, 9.17) is 0 Å². The number of benzene rings is 2. The predicted octanol–water partition coefficient (Wildman–Crippen LogP) is 4.38. The zero-order valence-corrected chi connectivity index (χ0v) is 15.9. The second kappa shape index (κ2) is 7.63. The maximum absolute atomic E-state index is 12.4. The summed E-state index contributed by atoms with van der Waals surface area (Å²) in [6, 6.07) is 15.4. The highest BCUT2D eigenvalue weighted by Crippen LogP contribution is 2.24. The van der Waals surface area contributed by atoms with Gasteiger partial charge in [-0.2, -0.15) is 0 Å². The van der Waals surface area contributed by atoms with Gasteiger partial charge in [0.15, 0.2) is 0 Å². The van der Waals surface area contributed by atoms with Crippen LogP contribution in [0.5, 0.6) is 5.75 Å². The van der Waals surface area contributed by atoms with Gasteiger partial charge in [0.1, 0.15) is 11.6 Å². The SMILES string of the molecule is Cc1cc(/C=C/c2ccc(S(=O)(=O)Nc3ccccn3)cc2)cc(C)c1O. The van der Waals surface area contributed by atoms with Gasteiger partial charge in [-0.3, -0.25) is 4.72 Å². The molecule has 0 unspecified atom stereocenters. The minimum absolute atomic E-state index is 0.168. The standard InChI is InChI=1S/C21H20N2O3S/c1-15-13-18(14-16(2)21(15)24)7-6-17-8-10-19(11-9-17)27(25,26)23-20-5-3-4-12-22-20/h3-14,24H,1-2H3,(H,22,23)/b7-6+. The summed E-state index contributed by atoms with van der Waals surface area (Å²) in [5.41, 5.74) is 3.47. The first-order valence-electron chi connectivity index (χ1n) is 8.37. The smallest absolute Gasteiger partial charge is 0.263 e. The number of aromatic hydroxyl groups is 1. The zero-order valence-electron chi connectivity index (χ0n) is 15.0. The van der Waals surface area contributed by atoms with Crippen LogP contribution in [-0.2, 0) is 10.0 Å². The van der Waals surface area contributed by atoms with E-state index in [-0.39, 0.29) is 10.7 Å². The Balaban J connectivity index is 1.77. The predicted molar refractivity (Wildman–Crippen MR) is 108 cm³/mol. The van der Waals surface area contributed by atoms with Crippen molar-refractivity contribution in [1.82, 2.24) is 4.98 Å². The highest BCUT2D eigenvalue weighted by molar-refractivity contribution is 7.92. The van der Waals surface area contributed by atoms with Crippen molar-refractivity contribution >= 4 is 28.0 Å². The molecular weight excluding hydrogens is 360 g/mol. The van der Waals surface area contributed by atoms with Gasteiger partial charge in [0.05, 0.1) is 4.90 Å². The molecule has 6 heteroatoms. The highest BCUT2D eigenvalue weighted by atomic mass is 32.2. The average molecular weight is 380 g/mol. The van der Waals surface area contributed by atoms with Crippen molar-refractivity contribution in [1.29, 1.82) is 0 Å². The average Bonchev–Trinajstić information content (AvgIpc) is 2.65. The van der Waals surface area contributed by atoms with Crippen LogP contribution >= 0.6 is 0 Å². The fourth-order valence-corrected chi connectivity index (χ4v) is 3.66. The van der Waals surface area contributed by atoms with Gasteiger partial charge in [0, 0.05) is 6.20 Å². The van der Waals surface area contributed by atoms with Crippen molar-refractivity contribution in [2.24, 2.45) is 0 Å². The van der Waals surface area contributed by atoms with Gasteiger partial charge in [-0.25, -0.2) is 13.4 Å². The lowest BCUT2D eigenvalue weighted by Crippen LogP contribution is -2.13. The van der Waals surface area contributed by atoms with Crippen molar-refractivity contribution in [3.05, 3.63) is 83.0 Å². The van der Waals surface area contributed by atoms with E-state index in [9.17, 15) is 13.5 Å². The minimum Gasteiger partial charge on any atom is -0.507 e. The fraction of sp³-hybridized carbons (Fsp3) is 0.0952. The van der Waals surface area contributed by atoms with Crippen LogP contribution in [0.4, 0.5) is 5.82 Å². The summed E-state index contributed by atoms with van der Waals surface area (Å²) in [7, 11) is -3.68. The van der Waals surface area contributed by atoms with E-state index in [1.54, 1.807) is 42.5 Å². The number of rotatable bonds is 5. The molecule has 2 aromatic carbocycles. The molecule has 5 nitrogen and oxygen atoms in total. The van der Waals surface area contributed by atoms with E-state index in [0.29, 0.717) is 5.75 Å². The van der Waals surface area contributed by atoms with Crippen LogP contribution < -0.4 is 4.72 Å². The number of nitrogens with one attached hydrogen (secondary N) is 1. The molecule has 0 aliphatic heterocycles. The Morgan fingerprint density at radius 1 is 0.926 bits per heavy atom. The van der Waals surface area contributed by atoms with Gasteiger partial charge in [0.25, 0.3) is 10.0 Å². The van der Waals surface area contributed by atoms with Crippen molar-refractivity contribution in [2.75, 3.05) is 4.72 Å². The fourth-order valence-electron chi connectivity index (χ4n) is 2.66. The van der Waals surface area contributed by atoms with Crippen LogP contribution in [0, 0.1) is 13.8 Å². The number of phenols is 1. The maximum Gasteiger partial charge on any atom is 0.263 e. The maximum atomic E-state index is 12.4. The van der Waals surface area contributed by atoms with Gasteiger partial charge in [-0.15, -0.1) is 0 Å². The Morgan fingerprint density at radius 3 is 2.15 bits per heavy atom. The van der Waals surface area contributed by atoms with E-state index in [0.717, 1.165) is 22.3 Å². The van der Waals surface area contributed by atoms with Gasteiger partial charge in [0.2, 0.25) is 0 Å². The topological polar surface area (TPSA) is 79.3 Å². The lowest BCUT2D eigenvalue weighted by molar-refractivity contribution is 0.467. The molecule has 0 aliphatic carbocycles. The van der Waals surface area contributed by atoms with Crippen LogP contribution in [-0.4, -0.2) is 18.5 Å². The molecule has 1 aromatic heterocycles. The van der Waals surface area contributed by atoms with E-state index in [1.807, 2.05) is 38.1 Å². The Morgan fingerprint density at radius 2 is 1.56 bits per heavy atom. The molecule has 0 aliphatic rings. The van der Waals surface area contributed by atoms with Crippen LogP contribution in [0.3, 0.4) is 0 Å². The Bertz CT molecular complexity index is 1050. The number of phenolic OH excluding ortho intramolecular Hbond substituents is 1. The summed E-state index contributed by atoms with van der Waals surface area (Å²) in [5, 5.41) is 9.84. The van der Waals surface area contributed by atoms with Gasteiger partial charge in [-0.05, 0) is 72.5 Å². The first-order valence-corrected chi connectivity index (χ1v) is 9.86. The van der Waals surface area contributed by atoms with Crippen molar-refractivity contribution in [2.45, 2.75) is 18.7 Å². The Kier molecular flexibility index (Phi) is 5.28. The van der Waals surface area contributed by atoms with Gasteiger partial charge < -0.3 is 5.11 Å². The summed E-state index contributed by atoms with van der Waals surface area (Å²) in [6.07, 6.45) is 5.35. The summed E-state index contributed by atoms with van der Waals surface area (Å²) in [4.78, 5) is 4.14. The second-order valence-corrected chi connectivity index (χ2v) is 7.91. The number of hydrogen-bond acceptors (Lipinski definition) is 4. The number of aromatic nitrogens is 1. The third-order valence-corrected chi connectivity index (χ3v) is 5.45. The van der Waals surface area contributed by atoms with Crippen LogP contribution in [0.15, 0.2) is 65.7 Å². The summed E-state index contributed by atoms with van der Waals surface area (Å²) in [6.45, 7) is 3.71. The summed E-state index contributed by atoms with van der Waals surface area (Å²) in [5.74, 6) is 0.585. The van der Waals surface area contributed by atoms with E-state index < -0.39 is 10.0 Å². The summed E-state index contributed by atoms with van der Waals surface area (Å²) < 4.78 is 27.3. The molecule has 0 bridgehead atoms. The lowest BCUT2D eigenvalue weighted by atomic mass is 10.0. The number of aryl methyl sites for hydroxylation is 2. The first kappa shape index (κ1) is 18.7. The molecule has 0 amide bonds. The molecule has 3 aromatic rings. The monoisotopic (exact) mass is 380 g/mol.